The Morgan fingerprint density at radius 3 is 2.38 bits per heavy atom. The average molecular weight is 347 g/mol. The second-order valence-corrected chi connectivity index (χ2v) is 5.28. The van der Waals surface area contributed by atoms with E-state index in [0.29, 0.717) is 0 Å². The van der Waals surface area contributed by atoms with E-state index in [9.17, 15) is 0 Å². The van der Waals surface area contributed by atoms with Crippen LogP contribution in [0.2, 0.25) is 5.02 Å². The van der Waals surface area contributed by atoms with Gasteiger partial charge in [-0.3, -0.25) is 4.68 Å². The van der Waals surface area contributed by atoms with Crippen LogP contribution in [-0.2, 0) is 6.54 Å². The van der Waals surface area contributed by atoms with E-state index in [2.05, 4.69) is 34.6 Å². The number of hydrogen-bond acceptors (Lipinski definition) is 1. The van der Waals surface area contributed by atoms with Crippen molar-refractivity contribution in [2.24, 2.45) is 0 Å². The molecule has 0 amide bonds. The highest BCUT2D eigenvalue weighted by Crippen LogP contribution is 2.17. The lowest BCUT2D eigenvalue weighted by molar-refractivity contribution is 0.658. The molecule has 0 fully saturated rings. The van der Waals surface area contributed by atoms with Gasteiger partial charge in [-0.05, 0) is 54.1 Å². The Labute approximate surface area is 114 Å². The highest BCUT2D eigenvalue weighted by Gasteiger charge is 2.08. The third-order valence-corrected chi connectivity index (χ3v) is 4.35. The van der Waals surface area contributed by atoms with Gasteiger partial charge in [0.1, 0.15) is 0 Å². The van der Waals surface area contributed by atoms with Crippen molar-refractivity contribution in [1.82, 2.24) is 9.78 Å². The van der Waals surface area contributed by atoms with E-state index >= 15 is 0 Å². The maximum Gasteiger partial charge on any atom is 0.0730 e. The number of halogens is 2. The molecule has 0 N–H and O–H groups in total. The first kappa shape index (κ1) is 11.9. The van der Waals surface area contributed by atoms with Crippen LogP contribution in [0.25, 0.3) is 0 Å². The third-order valence-electron chi connectivity index (χ3n) is 2.54. The van der Waals surface area contributed by atoms with Crippen molar-refractivity contribution in [2.45, 2.75) is 20.4 Å². The summed E-state index contributed by atoms with van der Waals surface area (Å²) in [6.45, 7) is 4.93. The SMILES string of the molecule is Cc1nn(Cc2ccc(Cl)cc2)c(C)c1I. The Kier molecular flexibility index (Phi) is 3.54. The van der Waals surface area contributed by atoms with Crippen LogP contribution in [-0.4, -0.2) is 9.78 Å². The topological polar surface area (TPSA) is 17.8 Å². The van der Waals surface area contributed by atoms with Crippen molar-refractivity contribution in [3.8, 4) is 0 Å². The Balaban J connectivity index is 2.27. The highest BCUT2D eigenvalue weighted by atomic mass is 127. The van der Waals surface area contributed by atoms with E-state index in [1.54, 1.807) is 0 Å². The molecule has 1 aromatic heterocycles. The van der Waals surface area contributed by atoms with Gasteiger partial charge in [0.15, 0.2) is 0 Å². The summed E-state index contributed by atoms with van der Waals surface area (Å²) < 4.78 is 3.27. The Morgan fingerprint density at radius 2 is 1.88 bits per heavy atom. The zero-order valence-electron chi connectivity index (χ0n) is 9.17. The molecule has 2 aromatic rings. The molecule has 0 aliphatic carbocycles. The van der Waals surface area contributed by atoms with Gasteiger partial charge in [0.2, 0.25) is 0 Å². The minimum absolute atomic E-state index is 0.770. The summed E-state index contributed by atoms with van der Waals surface area (Å²) in [5, 5.41) is 5.27. The van der Waals surface area contributed by atoms with Gasteiger partial charge in [-0.15, -0.1) is 0 Å². The standard InChI is InChI=1S/C12H12ClIN2/c1-8-12(14)9(2)16(15-8)7-10-3-5-11(13)6-4-10/h3-6H,7H2,1-2H3. The molecule has 0 spiro atoms. The number of aryl methyl sites for hydroxylation is 1. The second kappa shape index (κ2) is 4.75. The van der Waals surface area contributed by atoms with Crippen molar-refractivity contribution >= 4 is 34.2 Å². The lowest BCUT2D eigenvalue weighted by Crippen LogP contribution is -2.03. The molecule has 84 valence electrons. The third kappa shape index (κ3) is 2.40. The molecule has 0 aliphatic heterocycles. The summed E-state index contributed by atoms with van der Waals surface area (Å²) >= 11 is 8.18. The Bertz CT molecular complexity index is 502. The maximum absolute atomic E-state index is 5.85. The number of aromatic nitrogens is 2. The van der Waals surface area contributed by atoms with E-state index in [-0.39, 0.29) is 0 Å². The summed E-state index contributed by atoms with van der Waals surface area (Å²) in [7, 11) is 0. The fourth-order valence-corrected chi connectivity index (χ4v) is 2.10. The van der Waals surface area contributed by atoms with Gasteiger partial charge in [-0.1, -0.05) is 23.7 Å². The first-order valence-electron chi connectivity index (χ1n) is 5.02. The molecule has 0 saturated heterocycles. The lowest BCUT2D eigenvalue weighted by Gasteiger charge is -2.04. The molecule has 2 nitrogen and oxygen atoms in total. The monoisotopic (exact) mass is 346 g/mol. The first-order chi connectivity index (χ1) is 7.58. The van der Waals surface area contributed by atoms with Crippen LogP contribution in [0.5, 0.6) is 0 Å². The molecular weight excluding hydrogens is 335 g/mol. The predicted octanol–water partition coefficient (Wildman–Crippen LogP) is 3.81. The molecule has 0 radical (unpaired) electrons. The minimum Gasteiger partial charge on any atom is -0.264 e. The van der Waals surface area contributed by atoms with Crippen LogP contribution < -0.4 is 0 Å². The number of hydrogen-bond donors (Lipinski definition) is 0. The van der Waals surface area contributed by atoms with Crippen LogP contribution in [0.4, 0.5) is 0 Å². The number of rotatable bonds is 2. The van der Waals surface area contributed by atoms with E-state index in [1.165, 1.54) is 14.8 Å². The zero-order chi connectivity index (χ0) is 11.7. The molecule has 0 unspecified atom stereocenters. The van der Waals surface area contributed by atoms with Crippen molar-refractivity contribution in [1.29, 1.82) is 0 Å². The lowest BCUT2D eigenvalue weighted by atomic mass is 10.2. The Morgan fingerprint density at radius 1 is 1.25 bits per heavy atom. The predicted molar refractivity (Wildman–Crippen MR) is 75.0 cm³/mol. The highest BCUT2D eigenvalue weighted by molar-refractivity contribution is 14.1. The molecule has 0 atom stereocenters. The molecule has 1 aromatic carbocycles. The average Bonchev–Trinajstić information content (AvgIpc) is 2.50. The van der Waals surface area contributed by atoms with Crippen LogP contribution >= 0.6 is 34.2 Å². The van der Waals surface area contributed by atoms with Crippen molar-refractivity contribution in [2.75, 3.05) is 0 Å². The summed E-state index contributed by atoms with van der Waals surface area (Å²) in [6, 6.07) is 7.89. The summed E-state index contributed by atoms with van der Waals surface area (Å²) in [6.07, 6.45) is 0. The molecule has 0 aliphatic rings. The van der Waals surface area contributed by atoms with E-state index in [0.717, 1.165) is 17.3 Å². The fourth-order valence-electron chi connectivity index (χ4n) is 1.59. The van der Waals surface area contributed by atoms with Gasteiger partial charge >= 0.3 is 0 Å². The van der Waals surface area contributed by atoms with Crippen molar-refractivity contribution in [3.05, 3.63) is 49.8 Å². The van der Waals surface area contributed by atoms with Crippen LogP contribution in [0, 0.1) is 17.4 Å². The summed E-state index contributed by atoms with van der Waals surface area (Å²) in [5.74, 6) is 0. The van der Waals surface area contributed by atoms with Gasteiger partial charge in [0, 0.05) is 10.7 Å². The van der Waals surface area contributed by atoms with Crippen molar-refractivity contribution < 1.29 is 0 Å². The van der Waals surface area contributed by atoms with Gasteiger partial charge in [-0.25, -0.2) is 0 Å². The molecule has 2 rings (SSSR count). The first-order valence-corrected chi connectivity index (χ1v) is 6.47. The van der Waals surface area contributed by atoms with Gasteiger partial charge in [0.25, 0.3) is 0 Å². The molecular formula is C12H12ClIN2. The molecule has 4 heteroatoms. The molecule has 1 heterocycles. The number of benzene rings is 1. The van der Waals surface area contributed by atoms with Crippen LogP contribution in [0.15, 0.2) is 24.3 Å². The van der Waals surface area contributed by atoms with Crippen molar-refractivity contribution in [3.63, 3.8) is 0 Å². The molecule has 16 heavy (non-hydrogen) atoms. The van der Waals surface area contributed by atoms with Crippen LogP contribution in [0.3, 0.4) is 0 Å². The van der Waals surface area contributed by atoms with E-state index < -0.39 is 0 Å². The molecule has 0 saturated carbocycles. The summed E-state index contributed by atoms with van der Waals surface area (Å²) in [4.78, 5) is 0. The van der Waals surface area contributed by atoms with Crippen LogP contribution in [0.1, 0.15) is 17.0 Å². The fraction of sp³-hybridized carbons (Fsp3) is 0.250. The quantitative estimate of drug-likeness (QED) is 0.756. The van der Waals surface area contributed by atoms with E-state index in [4.69, 9.17) is 11.6 Å². The van der Waals surface area contributed by atoms with Gasteiger partial charge in [0.05, 0.1) is 15.8 Å². The summed E-state index contributed by atoms with van der Waals surface area (Å²) in [5.41, 5.74) is 3.52. The second-order valence-electron chi connectivity index (χ2n) is 3.77. The minimum atomic E-state index is 0.770. The normalized spacial score (nSPS) is 10.8. The van der Waals surface area contributed by atoms with Gasteiger partial charge in [-0.2, -0.15) is 5.10 Å². The Hall–Kier alpha value is -0.550. The van der Waals surface area contributed by atoms with Gasteiger partial charge < -0.3 is 0 Å². The largest absolute Gasteiger partial charge is 0.264 e. The number of nitrogens with zero attached hydrogens (tertiary/aromatic N) is 2. The zero-order valence-corrected chi connectivity index (χ0v) is 12.1. The smallest absolute Gasteiger partial charge is 0.0730 e. The van der Waals surface area contributed by atoms with E-state index in [1.807, 2.05) is 35.9 Å². The molecule has 0 bridgehead atoms. The maximum atomic E-state index is 5.85.